The topological polar surface area (TPSA) is 128 Å². The molecule has 1 aliphatic heterocycles. The third kappa shape index (κ3) is 4.79. The van der Waals surface area contributed by atoms with Gasteiger partial charge in [-0.25, -0.2) is 14.4 Å². The molecule has 0 radical (unpaired) electrons. The number of aromatic amines is 1. The van der Waals surface area contributed by atoms with Crippen LogP contribution in [0.15, 0.2) is 41.7 Å². The van der Waals surface area contributed by atoms with E-state index in [0.29, 0.717) is 28.5 Å². The molecule has 3 heterocycles. The summed E-state index contributed by atoms with van der Waals surface area (Å²) < 4.78 is 20.1. The van der Waals surface area contributed by atoms with Crippen molar-refractivity contribution >= 4 is 28.8 Å². The zero-order valence-corrected chi connectivity index (χ0v) is 21.1. The highest BCUT2D eigenvalue weighted by Gasteiger charge is 2.27. The first-order valence-electron chi connectivity index (χ1n) is 12.1. The SMILES string of the molecule is CO/N=C/c1cc(OC)c2nc(-c3c(N)ncc(-c4cc(C)cc(F)c4)c3N3CCC(N)CC3)[nH]c2c1. The van der Waals surface area contributed by atoms with Crippen molar-refractivity contribution in [3.05, 3.63) is 53.5 Å². The molecule has 5 rings (SSSR count). The summed E-state index contributed by atoms with van der Waals surface area (Å²) >= 11 is 0. The third-order valence-electron chi connectivity index (χ3n) is 6.63. The Morgan fingerprint density at radius 2 is 1.95 bits per heavy atom. The lowest BCUT2D eigenvalue weighted by atomic mass is 9.97. The fraction of sp³-hybridized carbons (Fsp3) is 0.296. The summed E-state index contributed by atoms with van der Waals surface area (Å²) in [6.07, 6.45) is 4.96. The number of methoxy groups -OCH3 is 1. The number of nitrogens with two attached hydrogens (primary N) is 2. The second kappa shape index (κ2) is 10.1. The highest BCUT2D eigenvalue weighted by Crippen LogP contribution is 2.43. The second-order valence-electron chi connectivity index (χ2n) is 9.24. The fourth-order valence-corrected chi connectivity index (χ4v) is 4.87. The van der Waals surface area contributed by atoms with Crippen molar-refractivity contribution in [1.29, 1.82) is 0 Å². The van der Waals surface area contributed by atoms with Gasteiger partial charge in [0, 0.05) is 36.5 Å². The average molecular weight is 504 g/mol. The first-order valence-corrected chi connectivity index (χ1v) is 12.1. The number of aryl methyl sites for hydroxylation is 1. The molecule has 2 aromatic heterocycles. The van der Waals surface area contributed by atoms with Gasteiger partial charge in [-0.2, -0.15) is 0 Å². The Labute approximate surface area is 214 Å². The maximum absolute atomic E-state index is 14.5. The number of fused-ring (bicyclic) bond motifs is 1. The third-order valence-corrected chi connectivity index (χ3v) is 6.63. The number of benzene rings is 2. The number of H-pyrrole nitrogens is 1. The van der Waals surface area contributed by atoms with E-state index >= 15 is 0 Å². The summed E-state index contributed by atoms with van der Waals surface area (Å²) in [6.45, 7) is 3.34. The zero-order chi connectivity index (χ0) is 26.1. The van der Waals surface area contributed by atoms with E-state index in [0.717, 1.165) is 59.4 Å². The summed E-state index contributed by atoms with van der Waals surface area (Å²) in [5, 5.41) is 3.85. The molecule has 0 saturated carbocycles. The van der Waals surface area contributed by atoms with Crippen LogP contribution in [0.25, 0.3) is 33.5 Å². The van der Waals surface area contributed by atoms with Gasteiger partial charge in [0.05, 0.1) is 30.1 Å². The number of imidazole rings is 1. The predicted octanol–water partition coefficient (Wildman–Crippen LogP) is 4.24. The van der Waals surface area contributed by atoms with Crippen LogP contribution in [0, 0.1) is 12.7 Å². The number of halogens is 1. The van der Waals surface area contributed by atoms with Crippen LogP contribution in [0.3, 0.4) is 0 Å². The number of nitrogens with one attached hydrogen (secondary N) is 1. The fourth-order valence-electron chi connectivity index (χ4n) is 4.87. The first kappa shape index (κ1) is 24.5. The minimum absolute atomic E-state index is 0.140. The Kier molecular flexibility index (Phi) is 6.66. The largest absolute Gasteiger partial charge is 0.494 e. The van der Waals surface area contributed by atoms with Crippen LogP contribution in [-0.4, -0.2) is 54.5 Å². The van der Waals surface area contributed by atoms with Crippen LogP contribution in [0.4, 0.5) is 15.9 Å². The number of hydrogen-bond donors (Lipinski definition) is 3. The molecule has 37 heavy (non-hydrogen) atoms. The van der Waals surface area contributed by atoms with E-state index in [4.69, 9.17) is 26.0 Å². The summed E-state index contributed by atoms with van der Waals surface area (Å²) in [6, 6.07) is 8.84. The molecule has 5 N–H and O–H groups in total. The van der Waals surface area contributed by atoms with Crippen LogP contribution >= 0.6 is 0 Å². The normalized spacial score (nSPS) is 14.6. The number of piperidine rings is 1. The predicted molar refractivity (Wildman–Crippen MR) is 144 cm³/mol. The highest BCUT2D eigenvalue weighted by atomic mass is 19.1. The molecule has 0 atom stereocenters. The molecule has 0 amide bonds. The Balaban J connectivity index is 1.75. The molecule has 0 bridgehead atoms. The zero-order valence-electron chi connectivity index (χ0n) is 21.1. The standard InChI is InChI=1S/C27H30FN7O2/c1-15-8-17(12-18(28)9-15)20-14-31-26(30)23(25(20)35-6-4-19(29)5-7-35)27-33-21-10-16(13-32-37-3)11-22(36-2)24(21)34-27/h8-14,19H,4-7,29H2,1-3H3,(H2,30,31)(H,33,34)/b32-13+. The van der Waals surface area contributed by atoms with E-state index in [-0.39, 0.29) is 11.9 Å². The lowest BCUT2D eigenvalue weighted by Gasteiger charge is -2.34. The molecule has 192 valence electrons. The van der Waals surface area contributed by atoms with Gasteiger partial charge in [-0.05, 0) is 55.2 Å². The Bertz CT molecular complexity index is 1460. The molecule has 1 aliphatic rings. The van der Waals surface area contributed by atoms with E-state index in [9.17, 15) is 4.39 Å². The van der Waals surface area contributed by atoms with Crippen molar-refractivity contribution in [2.75, 3.05) is 37.9 Å². The molecule has 2 aromatic carbocycles. The van der Waals surface area contributed by atoms with E-state index in [1.807, 2.05) is 25.1 Å². The molecule has 0 spiro atoms. The lowest BCUT2D eigenvalue weighted by molar-refractivity contribution is 0.215. The molecule has 10 heteroatoms. The van der Waals surface area contributed by atoms with Crippen LogP contribution < -0.4 is 21.1 Å². The highest BCUT2D eigenvalue weighted by molar-refractivity contribution is 5.97. The number of ether oxygens (including phenoxy) is 1. The number of pyridine rings is 1. The number of nitrogens with zero attached hydrogens (tertiary/aromatic N) is 4. The second-order valence-corrected chi connectivity index (χ2v) is 9.24. The summed E-state index contributed by atoms with van der Waals surface area (Å²) in [4.78, 5) is 19.8. The van der Waals surface area contributed by atoms with E-state index in [1.54, 1.807) is 19.5 Å². The molecule has 0 aliphatic carbocycles. The van der Waals surface area contributed by atoms with Gasteiger partial charge in [0.1, 0.15) is 35.8 Å². The average Bonchev–Trinajstić information content (AvgIpc) is 3.30. The number of oxime groups is 1. The van der Waals surface area contributed by atoms with Crippen LogP contribution in [0.1, 0.15) is 24.0 Å². The van der Waals surface area contributed by atoms with Crippen molar-refractivity contribution in [2.45, 2.75) is 25.8 Å². The van der Waals surface area contributed by atoms with Crippen molar-refractivity contribution < 1.29 is 14.0 Å². The van der Waals surface area contributed by atoms with E-state index in [1.165, 1.54) is 19.2 Å². The van der Waals surface area contributed by atoms with E-state index < -0.39 is 0 Å². The first-order chi connectivity index (χ1) is 17.9. The number of rotatable bonds is 6. The number of hydrogen-bond acceptors (Lipinski definition) is 8. The van der Waals surface area contributed by atoms with Gasteiger partial charge < -0.3 is 30.9 Å². The van der Waals surface area contributed by atoms with Gasteiger partial charge >= 0.3 is 0 Å². The van der Waals surface area contributed by atoms with Crippen molar-refractivity contribution in [3.8, 4) is 28.3 Å². The van der Waals surface area contributed by atoms with Gasteiger partial charge in [0.25, 0.3) is 0 Å². The summed E-state index contributed by atoms with van der Waals surface area (Å²) in [7, 11) is 3.07. The van der Waals surface area contributed by atoms with Gasteiger partial charge in [-0.15, -0.1) is 0 Å². The Morgan fingerprint density at radius 1 is 1.16 bits per heavy atom. The molecule has 0 unspecified atom stereocenters. The van der Waals surface area contributed by atoms with Crippen LogP contribution in [-0.2, 0) is 4.84 Å². The number of nitrogen functional groups attached to an aromatic ring is 1. The van der Waals surface area contributed by atoms with E-state index in [2.05, 4.69) is 20.0 Å². The Hall–Kier alpha value is -4.18. The summed E-state index contributed by atoms with van der Waals surface area (Å²) in [5.41, 5.74) is 18.7. The molecular weight excluding hydrogens is 473 g/mol. The van der Waals surface area contributed by atoms with Crippen LogP contribution in [0.2, 0.25) is 0 Å². The quantitative estimate of drug-likeness (QED) is 0.265. The minimum atomic E-state index is -0.307. The molecule has 1 saturated heterocycles. The van der Waals surface area contributed by atoms with Gasteiger partial charge in [0.15, 0.2) is 0 Å². The van der Waals surface area contributed by atoms with Gasteiger partial charge in [-0.3, -0.25) is 0 Å². The number of aromatic nitrogens is 3. The van der Waals surface area contributed by atoms with Crippen molar-refractivity contribution in [2.24, 2.45) is 10.9 Å². The van der Waals surface area contributed by atoms with Crippen molar-refractivity contribution in [3.63, 3.8) is 0 Å². The van der Waals surface area contributed by atoms with Gasteiger partial charge in [0.2, 0.25) is 0 Å². The molecular formula is C27H30FN7O2. The van der Waals surface area contributed by atoms with Crippen molar-refractivity contribution in [1.82, 2.24) is 15.0 Å². The summed E-state index contributed by atoms with van der Waals surface area (Å²) in [5.74, 6) is 1.13. The minimum Gasteiger partial charge on any atom is -0.494 e. The monoisotopic (exact) mass is 503 g/mol. The molecule has 4 aromatic rings. The number of anilines is 2. The molecule has 9 nitrogen and oxygen atoms in total. The Morgan fingerprint density at radius 3 is 2.65 bits per heavy atom. The molecule has 1 fully saturated rings. The van der Waals surface area contributed by atoms with Gasteiger partial charge in [-0.1, -0.05) is 11.2 Å². The lowest BCUT2D eigenvalue weighted by Crippen LogP contribution is -2.40. The van der Waals surface area contributed by atoms with Crippen LogP contribution in [0.5, 0.6) is 5.75 Å². The smallest absolute Gasteiger partial charge is 0.147 e. The maximum atomic E-state index is 14.5. The maximum Gasteiger partial charge on any atom is 0.147 e.